The third-order valence-corrected chi connectivity index (χ3v) is 6.37. The fourth-order valence-electron chi connectivity index (χ4n) is 4.47. The molecule has 1 aromatic heterocycles. The lowest BCUT2D eigenvalue weighted by Gasteiger charge is -2.35. The maximum Gasteiger partial charge on any atom is 0.191 e. The second-order valence-electron chi connectivity index (χ2n) is 8.38. The number of H-pyrrole nitrogens is 1. The molecule has 0 saturated carbocycles. The van der Waals surface area contributed by atoms with Gasteiger partial charge in [-0.15, -0.1) is 24.0 Å². The minimum Gasteiger partial charge on any atom is -0.497 e. The maximum atomic E-state index is 5.57. The minimum atomic E-state index is 0. The monoisotopic (exact) mass is 577 g/mol. The van der Waals surface area contributed by atoms with Crippen molar-refractivity contribution in [2.75, 3.05) is 53.6 Å². The van der Waals surface area contributed by atoms with Gasteiger partial charge in [0, 0.05) is 50.3 Å². The summed E-state index contributed by atoms with van der Waals surface area (Å²) in [5.41, 5.74) is 5.08. The third-order valence-electron chi connectivity index (χ3n) is 6.37. The molecule has 1 aliphatic heterocycles. The third kappa shape index (κ3) is 6.43. The zero-order chi connectivity index (χ0) is 23.0. The Morgan fingerprint density at radius 2 is 1.91 bits per heavy atom. The molecule has 3 aromatic rings. The summed E-state index contributed by atoms with van der Waals surface area (Å²) < 4.78 is 10.9. The number of benzene rings is 2. The van der Waals surface area contributed by atoms with Gasteiger partial charge in [-0.3, -0.25) is 9.89 Å². The Bertz CT molecular complexity index is 1060. The summed E-state index contributed by atoms with van der Waals surface area (Å²) in [6.45, 7) is 7.09. The van der Waals surface area contributed by atoms with E-state index in [2.05, 4.69) is 69.0 Å². The molecule has 1 aliphatic rings. The molecule has 1 saturated heterocycles. The number of para-hydroxylation sites is 1. The highest BCUT2D eigenvalue weighted by Crippen LogP contribution is 2.24. The van der Waals surface area contributed by atoms with E-state index in [1.54, 1.807) is 7.11 Å². The van der Waals surface area contributed by atoms with Crippen LogP contribution in [-0.2, 0) is 11.2 Å². The van der Waals surface area contributed by atoms with E-state index in [4.69, 9.17) is 9.47 Å². The molecule has 1 unspecified atom stereocenters. The van der Waals surface area contributed by atoms with Gasteiger partial charge in [0.25, 0.3) is 0 Å². The van der Waals surface area contributed by atoms with Crippen LogP contribution < -0.4 is 15.4 Å². The van der Waals surface area contributed by atoms with Gasteiger partial charge >= 0.3 is 0 Å². The molecule has 1 fully saturated rings. The van der Waals surface area contributed by atoms with Crippen LogP contribution in [0.4, 0.5) is 0 Å². The number of aromatic amines is 1. The van der Waals surface area contributed by atoms with Gasteiger partial charge in [0.1, 0.15) is 5.75 Å². The van der Waals surface area contributed by atoms with E-state index in [0.717, 1.165) is 57.5 Å². The summed E-state index contributed by atoms with van der Waals surface area (Å²) in [4.78, 5) is 10.3. The molecule has 184 valence electrons. The molecule has 0 spiro atoms. The fourth-order valence-corrected chi connectivity index (χ4v) is 4.47. The molecule has 4 rings (SSSR count). The van der Waals surface area contributed by atoms with Crippen molar-refractivity contribution < 1.29 is 9.47 Å². The molecule has 8 heteroatoms. The van der Waals surface area contributed by atoms with Gasteiger partial charge in [0.05, 0.1) is 26.4 Å². The van der Waals surface area contributed by atoms with Crippen molar-refractivity contribution in [1.29, 1.82) is 0 Å². The molecular weight excluding hydrogens is 541 g/mol. The van der Waals surface area contributed by atoms with Gasteiger partial charge in [0.2, 0.25) is 0 Å². The van der Waals surface area contributed by atoms with Crippen LogP contribution in [0, 0.1) is 6.92 Å². The van der Waals surface area contributed by atoms with E-state index < -0.39 is 0 Å². The molecule has 0 bridgehead atoms. The lowest BCUT2D eigenvalue weighted by atomic mass is 10.0. The lowest BCUT2D eigenvalue weighted by molar-refractivity contribution is 0.0170. The number of guanidine groups is 1. The Morgan fingerprint density at radius 1 is 1.15 bits per heavy atom. The Hall–Kier alpha value is -2.30. The number of hydrogen-bond donors (Lipinski definition) is 3. The predicted molar refractivity (Wildman–Crippen MR) is 150 cm³/mol. The normalized spacial score (nSPS) is 15.6. The smallest absolute Gasteiger partial charge is 0.191 e. The summed E-state index contributed by atoms with van der Waals surface area (Å²) in [7, 11) is 3.52. The number of halogens is 1. The number of ether oxygens (including phenoxy) is 2. The van der Waals surface area contributed by atoms with Crippen molar-refractivity contribution in [3.8, 4) is 5.75 Å². The van der Waals surface area contributed by atoms with Gasteiger partial charge in [-0.2, -0.15) is 0 Å². The quantitative estimate of drug-likeness (QED) is 0.215. The van der Waals surface area contributed by atoms with Crippen LogP contribution in [0.5, 0.6) is 5.75 Å². The van der Waals surface area contributed by atoms with Crippen LogP contribution in [0.15, 0.2) is 53.7 Å². The average Bonchev–Trinajstić information content (AvgIpc) is 3.28. The Kier molecular flexibility index (Phi) is 10.0. The SMILES string of the molecule is CN=C(NCCc1c[nH]c2c(C)cccc12)NCC(c1ccc(OC)cc1)N1CCOCC1.I. The van der Waals surface area contributed by atoms with E-state index in [1.165, 1.54) is 27.6 Å². The van der Waals surface area contributed by atoms with Gasteiger partial charge in [-0.05, 0) is 42.2 Å². The second-order valence-corrected chi connectivity index (χ2v) is 8.38. The molecule has 0 aliphatic carbocycles. The summed E-state index contributed by atoms with van der Waals surface area (Å²) in [6.07, 6.45) is 3.04. The number of aryl methyl sites for hydroxylation is 1. The number of morpholine rings is 1. The number of methoxy groups -OCH3 is 1. The number of fused-ring (bicyclic) bond motifs is 1. The summed E-state index contributed by atoms with van der Waals surface area (Å²) in [5.74, 6) is 1.69. The van der Waals surface area contributed by atoms with Crippen molar-refractivity contribution >= 4 is 40.8 Å². The molecule has 0 radical (unpaired) electrons. The molecule has 2 heterocycles. The Balaban J connectivity index is 0.00000324. The molecular formula is C26H36IN5O2. The maximum absolute atomic E-state index is 5.57. The molecule has 1 atom stereocenters. The first-order valence-electron chi connectivity index (χ1n) is 11.7. The highest BCUT2D eigenvalue weighted by Gasteiger charge is 2.23. The van der Waals surface area contributed by atoms with Crippen LogP contribution >= 0.6 is 24.0 Å². The summed E-state index contributed by atoms with van der Waals surface area (Å²) in [6, 6.07) is 15.0. The average molecular weight is 578 g/mol. The number of rotatable bonds is 8. The highest BCUT2D eigenvalue weighted by atomic mass is 127. The summed E-state index contributed by atoms with van der Waals surface area (Å²) >= 11 is 0. The minimum absolute atomic E-state index is 0. The van der Waals surface area contributed by atoms with Gasteiger partial charge in [-0.25, -0.2) is 0 Å². The molecule has 0 amide bonds. The fraction of sp³-hybridized carbons (Fsp3) is 0.423. The zero-order valence-corrected chi connectivity index (χ0v) is 22.6. The molecule has 7 nitrogen and oxygen atoms in total. The molecule has 2 aromatic carbocycles. The largest absolute Gasteiger partial charge is 0.497 e. The Morgan fingerprint density at radius 3 is 2.62 bits per heavy atom. The number of aliphatic imine (C=N–C) groups is 1. The number of nitrogens with zero attached hydrogens (tertiary/aromatic N) is 2. The second kappa shape index (κ2) is 13.0. The van der Waals surface area contributed by atoms with E-state index in [-0.39, 0.29) is 30.0 Å². The summed E-state index contributed by atoms with van der Waals surface area (Å²) in [5, 5.41) is 8.31. The molecule has 34 heavy (non-hydrogen) atoms. The first-order valence-corrected chi connectivity index (χ1v) is 11.7. The van der Waals surface area contributed by atoms with Crippen molar-refractivity contribution in [3.05, 3.63) is 65.4 Å². The van der Waals surface area contributed by atoms with Crippen LogP contribution in [-0.4, -0.2) is 69.4 Å². The van der Waals surface area contributed by atoms with Crippen molar-refractivity contribution in [1.82, 2.24) is 20.5 Å². The van der Waals surface area contributed by atoms with Crippen LogP contribution in [0.25, 0.3) is 10.9 Å². The number of aromatic nitrogens is 1. The number of nitrogens with one attached hydrogen (secondary N) is 3. The lowest BCUT2D eigenvalue weighted by Crippen LogP contribution is -2.46. The van der Waals surface area contributed by atoms with Crippen LogP contribution in [0.1, 0.15) is 22.7 Å². The van der Waals surface area contributed by atoms with E-state index in [0.29, 0.717) is 0 Å². The first kappa shape index (κ1) is 26.3. The number of hydrogen-bond acceptors (Lipinski definition) is 4. The standard InChI is InChI=1S/C26H35N5O2.HI/c1-19-5-4-6-23-21(17-29-25(19)23)11-12-28-26(27-2)30-18-24(31-13-15-33-16-14-31)20-7-9-22(32-3)10-8-20;/h4-10,17,24,29H,11-16,18H2,1-3H3,(H2,27,28,30);1H. The van der Waals surface area contributed by atoms with Crippen LogP contribution in [0.2, 0.25) is 0 Å². The van der Waals surface area contributed by atoms with Gasteiger partial charge < -0.3 is 25.1 Å². The highest BCUT2D eigenvalue weighted by molar-refractivity contribution is 14.0. The first-order chi connectivity index (χ1) is 16.2. The van der Waals surface area contributed by atoms with Crippen molar-refractivity contribution in [2.45, 2.75) is 19.4 Å². The predicted octanol–water partition coefficient (Wildman–Crippen LogP) is 3.88. The van der Waals surface area contributed by atoms with E-state index in [9.17, 15) is 0 Å². The zero-order valence-electron chi connectivity index (χ0n) is 20.3. The molecule has 3 N–H and O–H groups in total. The van der Waals surface area contributed by atoms with E-state index >= 15 is 0 Å². The Labute approximate surface area is 219 Å². The van der Waals surface area contributed by atoms with E-state index in [1.807, 2.05) is 19.2 Å². The van der Waals surface area contributed by atoms with Crippen LogP contribution in [0.3, 0.4) is 0 Å². The topological polar surface area (TPSA) is 73.9 Å². The van der Waals surface area contributed by atoms with Gasteiger partial charge in [0.15, 0.2) is 5.96 Å². The van der Waals surface area contributed by atoms with Gasteiger partial charge in [-0.1, -0.05) is 30.3 Å². The van der Waals surface area contributed by atoms with Crippen molar-refractivity contribution in [2.24, 2.45) is 4.99 Å². The van der Waals surface area contributed by atoms with Crippen molar-refractivity contribution in [3.63, 3.8) is 0 Å².